The van der Waals surface area contributed by atoms with Crippen LogP contribution in [0.25, 0.3) is 0 Å². The number of nitrogens with one attached hydrogen (secondary N) is 1. The Morgan fingerprint density at radius 1 is 1.40 bits per heavy atom. The number of allylic oxidation sites excluding steroid dienone is 1. The van der Waals surface area contributed by atoms with Crippen LogP contribution in [0.1, 0.15) is 12.8 Å². The maximum atomic E-state index is 11.3. The Hall–Kier alpha value is -0.510. The Morgan fingerprint density at radius 2 is 2.00 bits per heavy atom. The van der Waals surface area contributed by atoms with E-state index < -0.39 is 6.30 Å². The lowest BCUT2D eigenvalue weighted by atomic mass is 10.3. The topological polar surface area (TPSA) is 12.0 Å². The molecule has 0 saturated carbocycles. The van der Waals surface area contributed by atoms with E-state index in [2.05, 4.69) is 6.58 Å². The van der Waals surface area contributed by atoms with Gasteiger partial charge in [0, 0.05) is 6.54 Å². The Labute approximate surface area is 57.9 Å². The molecule has 0 unspecified atom stereocenters. The first-order valence-electron chi connectivity index (χ1n) is 2.99. The second-order valence-electron chi connectivity index (χ2n) is 1.86. The largest absolute Gasteiger partial charge is 0.457 e. The van der Waals surface area contributed by atoms with Gasteiger partial charge in [-0.1, -0.05) is 6.08 Å². The minimum atomic E-state index is -4.23. The van der Waals surface area contributed by atoms with Crippen molar-refractivity contribution in [3.63, 3.8) is 0 Å². The first-order chi connectivity index (χ1) is 4.56. The lowest BCUT2D eigenvalue weighted by Gasteiger charge is -2.06. The lowest BCUT2D eigenvalue weighted by molar-refractivity contribution is -0.156. The highest BCUT2D eigenvalue weighted by molar-refractivity contribution is 4.66. The van der Waals surface area contributed by atoms with Gasteiger partial charge >= 0.3 is 6.30 Å². The molecule has 0 bridgehead atoms. The van der Waals surface area contributed by atoms with Crippen molar-refractivity contribution in [3.05, 3.63) is 12.7 Å². The molecule has 0 aliphatic heterocycles. The molecule has 0 aliphatic rings. The molecule has 0 saturated heterocycles. The fraction of sp³-hybridized carbons (Fsp3) is 0.667. The molecule has 10 heavy (non-hydrogen) atoms. The molecule has 0 rings (SSSR count). The summed E-state index contributed by atoms with van der Waals surface area (Å²) < 4.78 is 34.0. The van der Waals surface area contributed by atoms with Gasteiger partial charge in [0.15, 0.2) is 0 Å². The zero-order valence-corrected chi connectivity index (χ0v) is 5.54. The summed E-state index contributed by atoms with van der Waals surface area (Å²) in [6, 6.07) is 0. The third-order valence-corrected chi connectivity index (χ3v) is 0.910. The van der Waals surface area contributed by atoms with Crippen molar-refractivity contribution >= 4 is 0 Å². The van der Waals surface area contributed by atoms with E-state index in [1.165, 1.54) is 5.32 Å². The second-order valence-corrected chi connectivity index (χ2v) is 1.86. The van der Waals surface area contributed by atoms with Crippen LogP contribution in [0.3, 0.4) is 0 Å². The Kier molecular flexibility index (Phi) is 4.11. The normalized spacial score (nSPS) is 11.5. The minimum absolute atomic E-state index is 0.0322. The maximum Gasteiger partial charge on any atom is 0.457 e. The van der Waals surface area contributed by atoms with Crippen molar-refractivity contribution < 1.29 is 13.2 Å². The number of halogens is 3. The standard InChI is InChI=1S/C6H10F3N/c1-2-3-4-5-10-6(7,8)9/h2,10H,1,3-5H2. The number of hydrogen-bond donors (Lipinski definition) is 1. The van der Waals surface area contributed by atoms with Crippen molar-refractivity contribution in [2.45, 2.75) is 19.1 Å². The zero-order valence-electron chi connectivity index (χ0n) is 5.54. The molecule has 0 aliphatic carbocycles. The molecule has 4 heteroatoms. The van der Waals surface area contributed by atoms with Gasteiger partial charge in [-0.05, 0) is 12.8 Å². The van der Waals surface area contributed by atoms with Crippen LogP contribution in [0.15, 0.2) is 12.7 Å². The molecular weight excluding hydrogens is 143 g/mol. The van der Waals surface area contributed by atoms with E-state index in [1.54, 1.807) is 6.08 Å². The molecule has 1 nitrogen and oxygen atoms in total. The lowest BCUT2D eigenvalue weighted by Crippen LogP contribution is -2.32. The van der Waals surface area contributed by atoms with Crippen LogP contribution < -0.4 is 5.32 Å². The van der Waals surface area contributed by atoms with Gasteiger partial charge < -0.3 is 0 Å². The van der Waals surface area contributed by atoms with E-state index in [0.29, 0.717) is 12.8 Å². The minimum Gasteiger partial charge on any atom is -0.228 e. The molecule has 0 aromatic rings. The fourth-order valence-electron chi connectivity index (χ4n) is 0.477. The number of rotatable bonds is 4. The van der Waals surface area contributed by atoms with E-state index in [4.69, 9.17) is 0 Å². The van der Waals surface area contributed by atoms with Crippen LogP contribution in [0.2, 0.25) is 0 Å². The molecule has 1 N–H and O–H groups in total. The first kappa shape index (κ1) is 9.49. The van der Waals surface area contributed by atoms with E-state index in [9.17, 15) is 13.2 Å². The summed E-state index contributed by atoms with van der Waals surface area (Å²) in [7, 11) is 0. The molecule has 0 fully saturated rings. The monoisotopic (exact) mass is 153 g/mol. The predicted octanol–water partition coefficient (Wildman–Crippen LogP) is 2.06. The maximum absolute atomic E-state index is 11.3. The SMILES string of the molecule is C=CCCCNC(F)(F)F. The summed E-state index contributed by atoms with van der Waals surface area (Å²) in [5.74, 6) is 0. The number of alkyl halides is 3. The molecule has 0 spiro atoms. The van der Waals surface area contributed by atoms with Gasteiger partial charge in [0.25, 0.3) is 0 Å². The molecule has 0 aromatic carbocycles. The van der Waals surface area contributed by atoms with Crippen molar-refractivity contribution in [2.75, 3.05) is 6.54 Å². The molecule has 0 radical (unpaired) electrons. The van der Waals surface area contributed by atoms with Crippen LogP contribution in [0.5, 0.6) is 0 Å². The molecule has 0 atom stereocenters. The van der Waals surface area contributed by atoms with Crippen molar-refractivity contribution in [1.82, 2.24) is 5.32 Å². The van der Waals surface area contributed by atoms with Gasteiger partial charge in [0.2, 0.25) is 0 Å². The average molecular weight is 153 g/mol. The highest BCUT2D eigenvalue weighted by Crippen LogP contribution is 2.08. The summed E-state index contributed by atoms with van der Waals surface area (Å²) in [5.41, 5.74) is 0. The molecule has 0 aromatic heterocycles. The fourth-order valence-corrected chi connectivity index (χ4v) is 0.477. The Balaban J connectivity index is 3.12. The summed E-state index contributed by atoms with van der Waals surface area (Å²) in [5, 5.41) is 1.41. The van der Waals surface area contributed by atoms with Crippen LogP contribution in [-0.4, -0.2) is 12.8 Å². The Bertz CT molecular complexity index is 97.7. The molecule has 0 heterocycles. The average Bonchev–Trinajstić information content (AvgIpc) is 1.78. The number of unbranched alkanes of at least 4 members (excludes halogenated alkanes) is 1. The van der Waals surface area contributed by atoms with Gasteiger partial charge in [-0.2, -0.15) is 13.2 Å². The molecule has 0 amide bonds. The van der Waals surface area contributed by atoms with Gasteiger partial charge in [-0.15, -0.1) is 6.58 Å². The zero-order chi connectivity index (χ0) is 8.04. The smallest absolute Gasteiger partial charge is 0.228 e. The van der Waals surface area contributed by atoms with E-state index >= 15 is 0 Å². The summed E-state index contributed by atoms with van der Waals surface area (Å²) in [4.78, 5) is 0. The van der Waals surface area contributed by atoms with Crippen LogP contribution in [0.4, 0.5) is 13.2 Å². The van der Waals surface area contributed by atoms with Gasteiger partial charge in [-0.25, -0.2) is 5.32 Å². The summed E-state index contributed by atoms with van der Waals surface area (Å²) in [6.07, 6.45) is -1.55. The quantitative estimate of drug-likeness (QED) is 0.370. The van der Waals surface area contributed by atoms with Gasteiger partial charge in [0.05, 0.1) is 0 Å². The predicted molar refractivity (Wildman–Crippen MR) is 33.5 cm³/mol. The van der Waals surface area contributed by atoms with Crippen LogP contribution >= 0.6 is 0 Å². The van der Waals surface area contributed by atoms with E-state index in [1.807, 2.05) is 0 Å². The van der Waals surface area contributed by atoms with Gasteiger partial charge in [-0.3, -0.25) is 0 Å². The first-order valence-corrected chi connectivity index (χ1v) is 2.99. The summed E-state index contributed by atoms with van der Waals surface area (Å²) in [6.45, 7) is 3.35. The third-order valence-electron chi connectivity index (χ3n) is 0.910. The van der Waals surface area contributed by atoms with Gasteiger partial charge in [0.1, 0.15) is 0 Å². The van der Waals surface area contributed by atoms with E-state index in [0.717, 1.165) is 0 Å². The highest BCUT2D eigenvalue weighted by Gasteiger charge is 2.25. The third kappa shape index (κ3) is 7.49. The number of hydrogen-bond acceptors (Lipinski definition) is 1. The van der Waals surface area contributed by atoms with E-state index in [-0.39, 0.29) is 6.54 Å². The molecule has 60 valence electrons. The highest BCUT2D eigenvalue weighted by atomic mass is 19.4. The summed E-state index contributed by atoms with van der Waals surface area (Å²) >= 11 is 0. The second kappa shape index (κ2) is 4.33. The van der Waals surface area contributed by atoms with Crippen molar-refractivity contribution in [3.8, 4) is 0 Å². The van der Waals surface area contributed by atoms with Crippen LogP contribution in [0, 0.1) is 0 Å². The van der Waals surface area contributed by atoms with Crippen molar-refractivity contribution in [2.24, 2.45) is 0 Å². The van der Waals surface area contributed by atoms with Crippen molar-refractivity contribution in [1.29, 1.82) is 0 Å². The van der Waals surface area contributed by atoms with Crippen LogP contribution in [-0.2, 0) is 0 Å². The molecular formula is C6H10F3N. The Morgan fingerprint density at radius 3 is 2.40 bits per heavy atom.